The summed E-state index contributed by atoms with van der Waals surface area (Å²) in [7, 11) is -3.47. The number of piperazine rings is 1. The van der Waals surface area contributed by atoms with Crippen LogP contribution in [0.5, 0.6) is 0 Å². The third-order valence-electron chi connectivity index (χ3n) is 3.51. The van der Waals surface area contributed by atoms with Gasteiger partial charge in [0.25, 0.3) is 0 Å². The first-order valence-electron chi connectivity index (χ1n) is 7.18. The van der Waals surface area contributed by atoms with Gasteiger partial charge in [-0.3, -0.25) is 9.69 Å². The zero-order valence-electron chi connectivity index (χ0n) is 12.5. The predicted molar refractivity (Wildman–Crippen MR) is 88.0 cm³/mol. The molecular formula is C14H20BrN3O3S. The molecule has 8 heteroatoms. The van der Waals surface area contributed by atoms with Crippen LogP contribution in [0.4, 0.5) is 0 Å². The number of halogens is 1. The highest BCUT2D eigenvalue weighted by molar-refractivity contribution is 9.10. The lowest BCUT2D eigenvalue weighted by atomic mass is 10.3. The van der Waals surface area contributed by atoms with E-state index in [0.29, 0.717) is 44.2 Å². The SMILES string of the molecule is CCNC(=O)CN1CCN(S(=O)(=O)c2cccc(Br)c2)CC1. The molecule has 1 aliphatic heterocycles. The Kier molecular flexibility index (Phi) is 5.96. The zero-order chi connectivity index (χ0) is 16.2. The second-order valence-electron chi connectivity index (χ2n) is 5.09. The molecule has 0 radical (unpaired) electrons. The number of sulfonamides is 1. The van der Waals surface area contributed by atoms with Gasteiger partial charge in [0.1, 0.15) is 0 Å². The first kappa shape index (κ1) is 17.4. The highest BCUT2D eigenvalue weighted by atomic mass is 79.9. The summed E-state index contributed by atoms with van der Waals surface area (Å²) >= 11 is 3.29. The Morgan fingerprint density at radius 1 is 1.27 bits per heavy atom. The molecule has 0 unspecified atom stereocenters. The molecule has 1 heterocycles. The van der Waals surface area contributed by atoms with Crippen LogP contribution in [0.3, 0.4) is 0 Å². The number of hydrogen-bond acceptors (Lipinski definition) is 4. The molecule has 0 bridgehead atoms. The van der Waals surface area contributed by atoms with E-state index < -0.39 is 10.0 Å². The molecular weight excluding hydrogens is 370 g/mol. The van der Waals surface area contributed by atoms with Crippen molar-refractivity contribution in [2.24, 2.45) is 0 Å². The van der Waals surface area contributed by atoms with Crippen molar-refractivity contribution in [3.8, 4) is 0 Å². The van der Waals surface area contributed by atoms with Gasteiger partial charge in [-0.15, -0.1) is 0 Å². The second kappa shape index (κ2) is 7.54. The maximum absolute atomic E-state index is 12.6. The molecule has 2 rings (SSSR count). The van der Waals surface area contributed by atoms with Crippen molar-refractivity contribution in [2.45, 2.75) is 11.8 Å². The lowest BCUT2D eigenvalue weighted by Gasteiger charge is -2.33. The summed E-state index contributed by atoms with van der Waals surface area (Å²) in [6.07, 6.45) is 0. The Labute approximate surface area is 139 Å². The molecule has 0 saturated carbocycles. The lowest BCUT2D eigenvalue weighted by Crippen LogP contribution is -2.51. The van der Waals surface area contributed by atoms with Crippen LogP contribution in [0.1, 0.15) is 6.92 Å². The zero-order valence-corrected chi connectivity index (χ0v) is 14.9. The molecule has 1 aromatic rings. The van der Waals surface area contributed by atoms with Gasteiger partial charge in [-0.1, -0.05) is 22.0 Å². The molecule has 6 nitrogen and oxygen atoms in total. The fourth-order valence-electron chi connectivity index (χ4n) is 2.36. The summed E-state index contributed by atoms with van der Waals surface area (Å²) in [5.74, 6) is -0.0224. The standard InChI is InChI=1S/C14H20BrN3O3S/c1-2-16-14(19)11-17-6-8-18(9-7-17)22(20,21)13-5-3-4-12(15)10-13/h3-5,10H,2,6-9,11H2,1H3,(H,16,19). The van der Waals surface area contributed by atoms with Crippen molar-refractivity contribution in [3.63, 3.8) is 0 Å². The minimum Gasteiger partial charge on any atom is -0.355 e. The van der Waals surface area contributed by atoms with E-state index in [4.69, 9.17) is 0 Å². The molecule has 1 aliphatic rings. The van der Waals surface area contributed by atoms with E-state index in [-0.39, 0.29) is 5.91 Å². The van der Waals surface area contributed by atoms with Crippen molar-refractivity contribution >= 4 is 31.9 Å². The summed E-state index contributed by atoms with van der Waals surface area (Å²) in [4.78, 5) is 13.8. The fourth-order valence-corrected chi connectivity index (χ4v) is 4.38. The molecule has 1 amide bonds. The smallest absolute Gasteiger partial charge is 0.243 e. The maximum atomic E-state index is 12.6. The molecule has 22 heavy (non-hydrogen) atoms. The van der Waals surface area contributed by atoms with Crippen LogP contribution >= 0.6 is 15.9 Å². The van der Waals surface area contributed by atoms with Gasteiger partial charge < -0.3 is 5.32 Å². The molecule has 1 fully saturated rings. The van der Waals surface area contributed by atoms with Gasteiger partial charge in [-0.25, -0.2) is 8.42 Å². The van der Waals surface area contributed by atoms with Crippen molar-refractivity contribution in [2.75, 3.05) is 39.3 Å². The van der Waals surface area contributed by atoms with Crippen LogP contribution in [0, 0.1) is 0 Å². The van der Waals surface area contributed by atoms with Crippen LogP contribution in [-0.4, -0.2) is 62.8 Å². The Morgan fingerprint density at radius 3 is 2.55 bits per heavy atom. The summed E-state index contributed by atoms with van der Waals surface area (Å²) in [6.45, 7) is 4.71. The highest BCUT2D eigenvalue weighted by Crippen LogP contribution is 2.21. The van der Waals surface area contributed by atoms with E-state index in [1.165, 1.54) is 4.31 Å². The van der Waals surface area contributed by atoms with Crippen LogP contribution < -0.4 is 5.32 Å². The van der Waals surface area contributed by atoms with Crippen molar-refractivity contribution in [1.82, 2.24) is 14.5 Å². The van der Waals surface area contributed by atoms with Crippen LogP contribution in [0.15, 0.2) is 33.6 Å². The van der Waals surface area contributed by atoms with Gasteiger partial charge >= 0.3 is 0 Å². The molecule has 122 valence electrons. The van der Waals surface area contributed by atoms with E-state index in [1.807, 2.05) is 11.8 Å². The third-order valence-corrected chi connectivity index (χ3v) is 5.89. The van der Waals surface area contributed by atoms with Gasteiger partial charge in [0.15, 0.2) is 0 Å². The molecule has 0 atom stereocenters. The third kappa shape index (κ3) is 4.28. The molecule has 1 N–H and O–H groups in total. The average Bonchev–Trinajstić information content (AvgIpc) is 2.48. The summed E-state index contributed by atoms with van der Waals surface area (Å²) < 4.78 is 27.4. The number of likely N-dealkylation sites (N-methyl/N-ethyl adjacent to an activating group) is 1. The number of benzene rings is 1. The van der Waals surface area contributed by atoms with E-state index in [0.717, 1.165) is 4.47 Å². The normalized spacial score (nSPS) is 17.4. The monoisotopic (exact) mass is 389 g/mol. The van der Waals surface area contributed by atoms with E-state index >= 15 is 0 Å². The minimum atomic E-state index is -3.47. The summed E-state index contributed by atoms with van der Waals surface area (Å²) in [5, 5.41) is 2.75. The molecule has 0 spiro atoms. The Bertz CT molecular complexity index is 628. The lowest BCUT2D eigenvalue weighted by molar-refractivity contribution is -0.122. The van der Waals surface area contributed by atoms with E-state index in [1.54, 1.807) is 24.3 Å². The maximum Gasteiger partial charge on any atom is 0.243 e. The summed E-state index contributed by atoms with van der Waals surface area (Å²) in [6, 6.07) is 6.71. The minimum absolute atomic E-state index is 0.0224. The van der Waals surface area contributed by atoms with Crippen molar-refractivity contribution in [3.05, 3.63) is 28.7 Å². The van der Waals surface area contributed by atoms with Crippen LogP contribution in [0.2, 0.25) is 0 Å². The number of rotatable bonds is 5. The van der Waals surface area contributed by atoms with Gasteiger partial charge in [-0.05, 0) is 25.1 Å². The number of carbonyl (C=O) groups is 1. The van der Waals surface area contributed by atoms with Gasteiger partial charge in [0, 0.05) is 37.2 Å². The number of nitrogens with zero attached hydrogens (tertiary/aromatic N) is 2. The first-order chi connectivity index (χ1) is 10.4. The van der Waals surface area contributed by atoms with Crippen LogP contribution in [-0.2, 0) is 14.8 Å². The largest absolute Gasteiger partial charge is 0.355 e. The second-order valence-corrected chi connectivity index (χ2v) is 7.94. The molecule has 0 aliphatic carbocycles. The number of carbonyl (C=O) groups excluding carboxylic acids is 1. The Balaban J connectivity index is 1.97. The molecule has 0 aromatic heterocycles. The molecule has 1 saturated heterocycles. The average molecular weight is 390 g/mol. The summed E-state index contributed by atoms with van der Waals surface area (Å²) in [5.41, 5.74) is 0. The van der Waals surface area contributed by atoms with Gasteiger partial charge in [0.05, 0.1) is 11.4 Å². The van der Waals surface area contributed by atoms with Crippen molar-refractivity contribution < 1.29 is 13.2 Å². The van der Waals surface area contributed by atoms with E-state index in [2.05, 4.69) is 21.2 Å². The predicted octanol–water partition coefficient (Wildman–Crippen LogP) is 0.892. The quantitative estimate of drug-likeness (QED) is 0.811. The number of nitrogens with one attached hydrogen (secondary N) is 1. The fraction of sp³-hybridized carbons (Fsp3) is 0.500. The molecule has 1 aromatic carbocycles. The van der Waals surface area contributed by atoms with Gasteiger partial charge in [-0.2, -0.15) is 4.31 Å². The topological polar surface area (TPSA) is 69.7 Å². The highest BCUT2D eigenvalue weighted by Gasteiger charge is 2.29. The van der Waals surface area contributed by atoms with E-state index in [9.17, 15) is 13.2 Å². The first-order valence-corrected chi connectivity index (χ1v) is 9.41. The number of hydrogen-bond donors (Lipinski definition) is 1. The number of amides is 1. The van der Waals surface area contributed by atoms with Crippen molar-refractivity contribution in [1.29, 1.82) is 0 Å². The van der Waals surface area contributed by atoms with Crippen LogP contribution in [0.25, 0.3) is 0 Å². The van der Waals surface area contributed by atoms with Gasteiger partial charge in [0.2, 0.25) is 15.9 Å². The Hall–Kier alpha value is -0.960. The Morgan fingerprint density at radius 2 is 1.95 bits per heavy atom.